The van der Waals surface area contributed by atoms with Crippen LogP contribution >= 0.6 is 15.9 Å². The Kier molecular flexibility index (Phi) is 4.01. The highest BCUT2D eigenvalue weighted by Crippen LogP contribution is 2.32. The minimum atomic E-state index is -0.0737. The van der Waals surface area contributed by atoms with Crippen molar-refractivity contribution >= 4 is 26.7 Å². The van der Waals surface area contributed by atoms with E-state index in [-0.39, 0.29) is 6.04 Å². The average molecular weight is 342 g/mol. The van der Waals surface area contributed by atoms with Gasteiger partial charge in [0.25, 0.3) is 0 Å². The van der Waals surface area contributed by atoms with Gasteiger partial charge in [-0.05, 0) is 41.1 Å². The zero-order valence-electron chi connectivity index (χ0n) is 11.7. The van der Waals surface area contributed by atoms with E-state index in [9.17, 15) is 0 Å². The zero-order valence-corrected chi connectivity index (χ0v) is 13.3. The summed E-state index contributed by atoms with van der Waals surface area (Å²) < 4.78 is 1.08. The molecule has 0 saturated heterocycles. The second-order valence-electron chi connectivity index (χ2n) is 5.00. The third-order valence-electron chi connectivity index (χ3n) is 3.82. The van der Waals surface area contributed by atoms with Crippen LogP contribution in [0.3, 0.4) is 0 Å². The second kappa shape index (κ2) is 5.93. The maximum Gasteiger partial charge on any atom is 0.0719 e. The maximum absolute atomic E-state index is 5.86. The lowest BCUT2D eigenvalue weighted by molar-refractivity contribution is 0.637. The monoisotopic (exact) mass is 341 g/mol. The van der Waals surface area contributed by atoms with Crippen LogP contribution in [0.4, 0.5) is 0 Å². The molecule has 0 fully saturated rings. The molecule has 0 aliphatic carbocycles. The van der Waals surface area contributed by atoms with Gasteiger partial charge in [0.2, 0.25) is 0 Å². The van der Waals surface area contributed by atoms with Gasteiger partial charge in [0.15, 0.2) is 0 Å². The summed E-state index contributed by atoms with van der Waals surface area (Å²) in [5.74, 6) is 5.86. The summed E-state index contributed by atoms with van der Waals surface area (Å²) in [6.45, 7) is 2.09. The zero-order chi connectivity index (χ0) is 14.8. The first-order valence-electron chi connectivity index (χ1n) is 6.76. The van der Waals surface area contributed by atoms with E-state index >= 15 is 0 Å². The van der Waals surface area contributed by atoms with E-state index in [1.54, 1.807) is 6.20 Å². The number of nitrogens with zero attached hydrogens (tertiary/aromatic N) is 1. The topological polar surface area (TPSA) is 50.9 Å². The highest BCUT2D eigenvalue weighted by Gasteiger charge is 2.17. The fourth-order valence-electron chi connectivity index (χ4n) is 2.67. The van der Waals surface area contributed by atoms with Crippen LogP contribution in [0.2, 0.25) is 0 Å². The highest BCUT2D eigenvalue weighted by molar-refractivity contribution is 9.10. The lowest BCUT2D eigenvalue weighted by Crippen LogP contribution is -2.29. The fourth-order valence-corrected chi connectivity index (χ4v) is 3.05. The summed E-state index contributed by atoms with van der Waals surface area (Å²) in [5.41, 5.74) is 6.41. The van der Waals surface area contributed by atoms with Crippen LogP contribution in [0.5, 0.6) is 0 Å². The van der Waals surface area contributed by atoms with Crippen molar-refractivity contribution in [2.75, 3.05) is 0 Å². The molecule has 106 valence electrons. The predicted molar refractivity (Wildman–Crippen MR) is 89.8 cm³/mol. The summed E-state index contributed by atoms with van der Waals surface area (Å²) in [6, 6.07) is 14.3. The van der Waals surface area contributed by atoms with Crippen LogP contribution in [0.1, 0.15) is 22.7 Å². The number of pyridine rings is 1. The molecule has 3 aromatic rings. The van der Waals surface area contributed by atoms with Crippen molar-refractivity contribution in [3.05, 3.63) is 76.0 Å². The molecule has 4 heteroatoms. The quantitative estimate of drug-likeness (QED) is 0.561. The Hall–Kier alpha value is -1.75. The van der Waals surface area contributed by atoms with Crippen LogP contribution in [0.25, 0.3) is 10.8 Å². The Labute approximate surface area is 132 Å². The molecule has 0 radical (unpaired) electrons. The molecule has 1 heterocycles. The number of nitrogens with two attached hydrogens (primary N) is 1. The number of hydrogen-bond donors (Lipinski definition) is 2. The van der Waals surface area contributed by atoms with Crippen molar-refractivity contribution in [1.29, 1.82) is 0 Å². The lowest BCUT2D eigenvalue weighted by Gasteiger charge is -2.21. The Morgan fingerprint density at radius 3 is 2.67 bits per heavy atom. The number of hydrazine groups is 1. The third kappa shape index (κ3) is 2.58. The smallest absolute Gasteiger partial charge is 0.0719 e. The van der Waals surface area contributed by atoms with E-state index in [0.717, 1.165) is 26.4 Å². The van der Waals surface area contributed by atoms with Gasteiger partial charge in [0.05, 0.1) is 6.04 Å². The Morgan fingerprint density at radius 1 is 1.10 bits per heavy atom. The molecule has 1 atom stereocenters. The number of rotatable bonds is 3. The van der Waals surface area contributed by atoms with E-state index in [4.69, 9.17) is 5.84 Å². The van der Waals surface area contributed by atoms with Gasteiger partial charge < -0.3 is 0 Å². The van der Waals surface area contributed by atoms with Crippen LogP contribution in [-0.2, 0) is 0 Å². The molecular weight excluding hydrogens is 326 g/mol. The molecule has 1 aromatic heterocycles. The van der Waals surface area contributed by atoms with E-state index in [1.165, 1.54) is 5.56 Å². The molecule has 0 amide bonds. The largest absolute Gasteiger partial charge is 0.271 e. The predicted octanol–water partition coefficient (Wildman–Crippen LogP) is 3.86. The van der Waals surface area contributed by atoms with Gasteiger partial charge in [0.1, 0.15) is 0 Å². The standard InChI is InChI=1S/C17H16BrN3/c1-11-13(5-3-7-16(11)18)17(21-19)14-6-2-4-12-8-9-20-10-15(12)14/h2-10,17,21H,19H2,1H3. The summed E-state index contributed by atoms with van der Waals surface area (Å²) in [5, 5.41) is 2.28. The summed E-state index contributed by atoms with van der Waals surface area (Å²) in [4.78, 5) is 4.25. The van der Waals surface area contributed by atoms with Crippen molar-refractivity contribution in [3.8, 4) is 0 Å². The number of hydrogen-bond acceptors (Lipinski definition) is 3. The number of halogens is 1. The first kappa shape index (κ1) is 14.2. The number of benzene rings is 2. The highest BCUT2D eigenvalue weighted by atomic mass is 79.9. The van der Waals surface area contributed by atoms with Gasteiger partial charge in [0, 0.05) is 22.3 Å². The molecule has 0 bridgehead atoms. The second-order valence-corrected chi connectivity index (χ2v) is 5.85. The van der Waals surface area contributed by atoms with Crippen molar-refractivity contribution in [2.45, 2.75) is 13.0 Å². The van der Waals surface area contributed by atoms with Gasteiger partial charge in [-0.3, -0.25) is 10.8 Å². The maximum atomic E-state index is 5.86. The Balaban J connectivity index is 2.21. The van der Waals surface area contributed by atoms with E-state index in [1.807, 2.05) is 24.4 Å². The van der Waals surface area contributed by atoms with Gasteiger partial charge in [-0.1, -0.05) is 46.3 Å². The average Bonchev–Trinajstić information content (AvgIpc) is 2.52. The normalized spacial score (nSPS) is 12.5. The Bertz CT molecular complexity index is 781. The molecule has 0 spiro atoms. The van der Waals surface area contributed by atoms with E-state index in [0.29, 0.717) is 0 Å². The van der Waals surface area contributed by atoms with Crippen molar-refractivity contribution in [1.82, 2.24) is 10.4 Å². The number of nitrogens with one attached hydrogen (secondary N) is 1. The molecule has 0 aliphatic rings. The van der Waals surface area contributed by atoms with Gasteiger partial charge in [-0.15, -0.1) is 0 Å². The minimum absolute atomic E-state index is 0.0737. The first-order valence-corrected chi connectivity index (χ1v) is 7.55. The van der Waals surface area contributed by atoms with Crippen LogP contribution in [0, 0.1) is 6.92 Å². The first-order chi connectivity index (χ1) is 10.2. The molecule has 3 nitrogen and oxygen atoms in total. The van der Waals surface area contributed by atoms with Gasteiger partial charge in [-0.2, -0.15) is 0 Å². The van der Waals surface area contributed by atoms with Crippen molar-refractivity contribution < 1.29 is 0 Å². The van der Waals surface area contributed by atoms with Crippen molar-refractivity contribution in [2.24, 2.45) is 5.84 Å². The van der Waals surface area contributed by atoms with E-state index in [2.05, 4.69) is 57.5 Å². The number of fused-ring (bicyclic) bond motifs is 1. The fraction of sp³-hybridized carbons (Fsp3) is 0.118. The summed E-state index contributed by atoms with van der Waals surface area (Å²) in [7, 11) is 0. The molecule has 3 rings (SSSR count). The molecule has 21 heavy (non-hydrogen) atoms. The van der Waals surface area contributed by atoms with Crippen LogP contribution in [-0.4, -0.2) is 4.98 Å². The van der Waals surface area contributed by atoms with Crippen molar-refractivity contribution in [3.63, 3.8) is 0 Å². The molecule has 0 aliphatic heterocycles. The molecule has 0 saturated carbocycles. The van der Waals surface area contributed by atoms with Gasteiger partial charge >= 0.3 is 0 Å². The van der Waals surface area contributed by atoms with E-state index < -0.39 is 0 Å². The molecule has 2 aromatic carbocycles. The molecule has 3 N–H and O–H groups in total. The summed E-state index contributed by atoms with van der Waals surface area (Å²) >= 11 is 3.58. The van der Waals surface area contributed by atoms with Crippen LogP contribution < -0.4 is 11.3 Å². The Morgan fingerprint density at radius 2 is 1.86 bits per heavy atom. The SMILES string of the molecule is Cc1c(Br)cccc1C(NN)c1cccc2ccncc12. The van der Waals surface area contributed by atoms with Crippen LogP contribution in [0.15, 0.2) is 59.3 Å². The molecule has 1 unspecified atom stereocenters. The summed E-state index contributed by atoms with van der Waals surface area (Å²) in [6.07, 6.45) is 3.70. The number of aromatic nitrogens is 1. The minimum Gasteiger partial charge on any atom is -0.271 e. The van der Waals surface area contributed by atoms with Gasteiger partial charge in [-0.25, -0.2) is 5.43 Å². The molecular formula is C17H16BrN3. The third-order valence-corrected chi connectivity index (χ3v) is 4.67. The lowest BCUT2D eigenvalue weighted by atomic mass is 9.92.